The molecule has 0 bridgehead atoms. The molecule has 0 heterocycles. The molecule has 0 aromatic rings. The number of sulfone groups is 1. The molecular weight excluding hydrogens is 214 g/mol. The van der Waals surface area contributed by atoms with Gasteiger partial charge in [-0.05, 0) is 6.92 Å². The number of hydrogen-bond acceptors (Lipinski definition) is 4. The van der Waals surface area contributed by atoms with Crippen LogP contribution in [0.25, 0.3) is 0 Å². The second-order valence-corrected chi connectivity index (χ2v) is 6.51. The van der Waals surface area contributed by atoms with Gasteiger partial charge in [-0.1, -0.05) is 12.2 Å². The summed E-state index contributed by atoms with van der Waals surface area (Å²) >= 11 is 0. The van der Waals surface area contributed by atoms with Crippen molar-refractivity contribution < 1.29 is 16.8 Å². The largest absolute Gasteiger partial charge is 0.229 e. The Labute approximate surface area is 78.6 Å². The molecular formula is C6H13NO4S2. The van der Waals surface area contributed by atoms with Crippen LogP contribution < -0.4 is 5.14 Å². The molecule has 0 fully saturated rings. The van der Waals surface area contributed by atoms with Crippen LogP contribution in [0.15, 0.2) is 12.2 Å². The Hall–Kier alpha value is -0.400. The molecule has 0 aliphatic rings. The third-order valence-corrected chi connectivity index (χ3v) is 3.82. The first-order chi connectivity index (χ1) is 5.77. The van der Waals surface area contributed by atoms with Gasteiger partial charge in [-0.25, -0.2) is 22.0 Å². The SMILES string of the molecule is CC=CCS(=O)(=O)CCS(N)(=O)=O. The van der Waals surface area contributed by atoms with Gasteiger partial charge >= 0.3 is 0 Å². The molecule has 0 saturated carbocycles. The fraction of sp³-hybridized carbons (Fsp3) is 0.667. The van der Waals surface area contributed by atoms with Crippen LogP contribution in [0.3, 0.4) is 0 Å². The van der Waals surface area contributed by atoms with Gasteiger partial charge < -0.3 is 0 Å². The summed E-state index contributed by atoms with van der Waals surface area (Å²) in [5.41, 5.74) is 0. The van der Waals surface area contributed by atoms with Gasteiger partial charge in [0.1, 0.15) is 0 Å². The minimum absolute atomic E-state index is 0.140. The molecule has 78 valence electrons. The van der Waals surface area contributed by atoms with Crippen LogP contribution in [0.5, 0.6) is 0 Å². The molecule has 0 aromatic carbocycles. The highest BCUT2D eigenvalue weighted by Gasteiger charge is 2.12. The number of hydrogen-bond donors (Lipinski definition) is 1. The molecule has 0 saturated heterocycles. The topological polar surface area (TPSA) is 94.3 Å². The van der Waals surface area contributed by atoms with Gasteiger partial charge in [-0.2, -0.15) is 0 Å². The summed E-state index contributed by atoms with van der Waals surface area (Å²) in [5, 5.41) is 4.66. The van der Waals surface area contributed by atoms with Gasteiger partial charge in [-0.15, -0.1) is 0 Å². The van der Waals surface area contributed by atoms with Crippen molar-refractivity contribution in [1.82, 2.24) is 0 Å². The second-order valence-electron chi connectivity index (χ2n) is 2.55. The summed E-state index contributed by atoms with van der Waals surface area (Å²) in [7, 11) is -7.01. The Kier molecular flexibility index (Phi) is 4.58. The molecule has 0 radical (unpaired) electrons. The first-order valence-corrected chi connectivity index (χ1v) is 7.12. The Morgan fingerprint density at radius 1 is 1.15 bits per heavy atom. The summed E-state index contributed by atoms with van der Waals surface area (Å²) in [5.74, 6) is -1.08. The van der Waals surface area contributed by atoms with Crippen molar-refractivity contribution in [3.05, 3.63) is 12.2 Å². The Morgan fingerprint density at radius 3 is 2.08 bits per heavy atom. The minimum atomic E-state index is -3.69. The third kappa shape index (κ3) is 7.94. The summed E-state index contributed by atoms with van der Waals surface area (Å²) < 4.78 is 43.0. The first kappa shape index (κ1) is 12.6. The van der Waals surface area contributed by atoms with Gasteiger partial charge in [0, 0.05) is 0 Å². The monoisotopic (exact) mass is 227 g/mol. The molecule has 2 N–H and O–H groups in total. The van der Waals surface area contributed by atoms with Gasteiger partial charge in [-0.3, -0.25) is 0 Å². The molecule has 0 spiro atoms. The summed E-state index contributed by atoms with van der Waals surface area (Å²) in [6, 6.07) is 0. The number of allylic oxidation sites excluding steroid dienone is 1. The van der Waals surface area contributed by atoms with Crippen molar-refractivity contribution in [3.63, 3.8) is 0 Å². The summed E-state index contributed by atoms with van der Waals surface area (Å²) in [6.07, 6.45) is 3.05. The van der Waals surface area contributed by atoms with Crippen molar-refractivity contribution in [2.24, 2.45) is 5.14 Å². The molecule has 0 aromatic heterocycles. The lowest BCUT2D eigenvalue weighted by Gasteiger charge is -1.98. The summed E-state index contributed by atoms with van der Waals surface area (Å²) in [6.45, 7) is 1.69. The normalized spacial score (nSPS) is 13.7. The van der Waals surface area contributed by atoms with Gasteiger partial charge in [0.05, 0.1) is 17.3 Å². The smallest absolute Gasteiger partial charge is 0.210 e. The van der Waals surface area contributed by atoms with Gasteiger partial charge in [0.25, 0.3) is 0 Å². The molecule has 5 nitrogen and oxygen atoms in total. The minimum Gasteiger partial charge on any atom is -0.229 e. The van der Waals surface area contributed by atoms with E-state index in [1.807, 2.05) is 0 Å². The van der Waals surface area contributed by atoms with E-state index in [-0.39, 0.29) is 5.75 Å². The van der Waals surface area contributed by atoms with Crippen LogP contribution in [-0.2, 0) is 19.9 Å². The van der Waals surface area contributed by atoms with E-state index in [1.54, 1.807) is 13.0 Å². The molecule has 0 amide bonds. The fourth-order valence-electron chi connectivity index (χ4n) is 0.569. The molecule has 0 aliphatic carbocycles. The molecule has 0 unspecified atom stereocenters. The van der Waals surface area contributed by atoms with Gasteiger partial charge in [0.15, 0.2) is 9.84 Å². The fourth-order valence-corrected chi connectivity index (χ4v) is 3.17. The molecule has 7 heteroatoms. The molecule has 13 heavy (non-hydrogen) atoms. The van der Waals surface area contributed by atoms with Crippen molar-refractivity contribution in [3.8, 4) is 0 Å². The highest BCUT2D eigenvalue weighted by molar-refractivity contribution is 7.94. The number of primary sulfonamides is 1. The lowest BCUT2D eigenvalue weighted by atomic mass is 10.6. The maximum atomic E-state index is 11.1. The van der Waals surface area contributed by atoms with E-state index in [0.717, 1.165) is 0 Å². The van der Waals surface area contributed by atoms with E-state index in [4.69, 9.17) is 0 Å². The predicted octanol–water partition coefficient (Wildman–Crippen LogP) is -0.734. The first-order valence-electron chi connectivity index (χ1n) is 3.59. The van der Waals surface area contributed by atoms with Crippen LogP contribution in [0, 0.1) is 0 Å². The number of sulfonamides is 1. The zero-order valence-electron chi connectivity index (χ0n) is 7.30. The van der Waals surface area contributed by atoms with E-state index >= 15 is 0 Å². The molecule has 0 rings (SSSR count). The highest BCUT2D eigenvalue weighted by atomic mass is 32.2. The molecule has 0 aliphatic heterocycles. The van der Waals surface area contributed by atoms with Crippen molar-refractivity contribution in [1.29, 1.82) is 0 Å². The van der Waals surface area contributed by atoms with E-state index in [0.29, 0.717) is 0 Å². The van der Waals surface area contributed by atoms with E-state index in [2.05, 4.69) is 5.14 Å². The third-order valence-electron chi connectivity index (χ3n) is 1.26. The van der Waals surface area contributed by atoms with E-state index in [9.17, 15) is 16.8 Å². The van der Waals surface area contributed by atoms with Crippen LogP contribution in [0.1, 0.15) is 6.92 Å². The van der Waals surface area contributed by atoms with Crippen molar-refractivity contribution in [2.45, 2.75) is 6.92 Å². The second kappa shape index (κ2) is 4.73. The highest BCUT2D eigenvalue weighted by Crippen LogP contribution is 1.93. The van der Waals surface area contributed by atoms with Crippen molar-refractivity contribution >= 4 is 19.9 Å². The lowest BCUT2D eigenvalue weighted by molar-refractivity contribution is 0.590. The Morgan fingerprint density at radius 2 is 1.69 bits per heavy atom. The van der Waals surface area contributed by atoms with Crippen LogP contribution in [0.4, 0.5) is 0 Å². The van der Waals surface area contributed by atoms with E-state index in [1.165, 1.54) is 6.08 Å². The predicted molar refractivity (Wildman–Crippen MR) is 51.4 cm³/mol. The Balaban J connectivity index is 4.21. The standard InChI is InChI=1S/C6H13NO4S2/c1-2-3-4-12(8,9)5-6-13(7,10)11/h2-3H,4-6H2,1H3,(H2,7,10,11). The maximum absolute atomic E-state index is 11.1. The van der Waals surface area contributed by atoms with Crippen molar-refractivity contribution in [2.75, 3.05) is 17.3 Å². The zero-order valence-corrected chi connectivity index (χ0v) is 8.94. The average Bonchev–Trinajstić information content (AvgIpc) is 1.97. The quantitative estimate of drug-likeness (QED) is 0.626. The number of nitrogens with two attached hydrogens (primary N) is 1. The zero-order chi connectivity index (χ0) is 10.5. The Bertz CT molecular complexity index is 365. The van der Waals surface area contributed by atoms with Crippen LogP contribution in [0.2, 0.25) is 0 Å². The van der Waals surface area contributed by atoms with Crippen LogP contribution in [-0.4, -0.2) is 34.1 Å². The maximum Gasteiger partial charge on any atom is 0.210 e. The molecule has 0 atom stereocenters. The van der Waals surface area contributed by atoms with Gasteiger partial charge in [0.2, 0.25) is 10.0 Å². The average molecular weight is 227 g/mol. The van der Waals surface area contributed by atoms with E-state index < -0.39 is 31.4 Å². The lowest BCUT2D eigenvalue weighted by Crippen LogP contribution is -2.24. The summed E-state index contributed by atoms with van der Waals surface area (Å²) in [4.78, 5) is 0. The number of rotatable bonds is 5. The van der Waals surface area contributed by atoms with Crippen LogP contribution >= 0.6 is 0 Å².